The number of ether oxygens (including phenoxy) is 1. The third kappa shape index (κ3) is 4.08. The molecule has 1 saturated heterocycles. The molecule has 0 radical (unpaired) electrons. The Morgan fingerprint density at radius 1 is 0.926 bits per heavy atom. The first-order valence-electron chi connectivity index (χ1n) is 8.97. The number of methoxy groups -OCH3 is 1. The Labute approximate surface area is 158 Å². The zero-order valence-corrected chi connectivity index (χ0v) is 15.2. The predicted octanol–water partition coefficient (Wildman–Crippen LogP) is 2.95. The van der Waals surface area contributed by atoms with Gasteiger partial charge in [0.05, 0.1) is 13.3 Å². The van der Waals surface area contributed by atoms with Crippen LogP contribution in [0.3, 0.4) is 0 Å². The molecule has 7 heteroatoms. The van der Waals surface area contributed by atoms with E-state index in [4.69, 9.17) is 4.74 Å². The van der Waals surface area contributed by atoms with Crippen molar-refractivity contribution in [3.8, 4) is 5.75 Å². The number of nitrogens with one attached hydrogen (secondary N) is 1. The molecule has 0 saturated carbocycles. The third-order valence-corrected chi connectivity index (χ3v) is 4.60. The molecular formula is C20H22N6O. The maximum Gasteiger partial charge on any atom is 0.249 e. The number of nitrogens with zero attached hydrogens (tertiary/aromatic N) is 5. The SMILES string of the molecule is COc1cccc(Nc2nncc(N3CCN(c4ccccc4)CC3)n2)c1. The lowest BCUT2D eigenvalue weighted by Crippen LogP contribution is -2.46. The lowest BCUT2D eigenvalue weighted by Gasteiger charge is -2.36. The van der Waals surface area contributed by atoms with E-state index in [1.807, 2.05) is 30.3 Å². The van der Waals surface area contributed by atoms with Gasteiger partial charge >= 0.3 is 0 Å². The molecule has 0 unspecified atom stereocenters. The Bertz CT molecular complexity index is 880. The summed E-state index contributed by atoms with van der Waals surface area (Å²) in [6, 6.07) is 18.2. The van der Waals surface area contributed by atoms with Gasteiger partial charge in [-0.2, -0.15) is 10.1 Å². The van der Waals surface area contributed by atoms with Crippen molar-refractivity contribution < 1.29 is 4.74 Å². The Morgan fingerprint density at radius 2 is 1.70 bits per heavy atom. The van der Waals surface area contributed by atoms with Gasteiger partial charge in [-0.05, 0) is 24.3 Å². The first-order valence-corrected chi connectivity index (χ1v) is 8.97. The minimum absolute atomic E-state index is 0.478. The molecule has 27 heavy (non-hydrogen) atoms. The van der Waals surface area contributed by atoms with Crippen LogP contribution in [0.2, 0.25) is 0 Å². The molecule has 1 N–H and O–H groups in total. The largest absolute Gasteiger partial charge is 0.497 e. The highest BCUT2D eigenvalue weighted by Gasteiger charge is 2.19. The van der Waals surface area contributed by atoms with Gasteiger partial charge in [0, 0.05) is 43.6 Å². The Morgan fingerprint density at radius 3 is 2.48 bits per heavy atom. The highest BCUT2D eigenvalue weighted by molar-refractivity contribution is 5.57. The number of hydrogen-bond acceptors (Lipinski definition) is 7. The van der Waals surface area contributed by atoms with Crippen LogP contribution in [-0.4, -0.2) is 48.5 Å². The second-order valence-corrected chi connectivity index (χ2v) is 6.30. The minimum Gasteiger partial charge on any atom is -0.497 e. The second kappa shape index (κ2) is 7.90. The van der Waals surface area contributed by atoms with Gasteiger partial charge in [-0.3, -0.25) is 0 Å². The van der Waals surface area contributed by atoms with E-state index in [0.717, 1.165) is 43.4 Å². The van der Waals surface area contributed by atoms with Gasteiger partial charge in [-0.1, -0.05) is 24.3 Å². The molecule has 7 nitrogen and oxygen atoms in total. The quantitative estimate of drug-likeness (QED) is 0.748. The van der Waals surface area contributed by atoms with Crippen LogP contribution in [0.15, 0.2) is 60.8 Å². The number of anilines is 4. The molecule has 0 bridgehead atoms. The monoisotopic (exact) mass is 362 g/mol. The van der Waals surface area contributed by atoms with Crippen LogP contribution < -0.4 is 19.9 Å². The maximum atomic E-state index is 5.25. The number of para-hydroxylation sites is 1. The van der Waals surface area contributed by atoms with E-state index in [0.29, 0.717) is 5.95 Å². The highest BCUT2D eigenvalue weighted by Crippen LogP contribution is 2.22. The molecule has 0 spiro atoms. The second-order valence-electron chi connectivity index (χ2n) is 6.30. The van der Waals surface area contributed by atoms with Crippen molar-refractivity contribution >= 4 is 23.1 Å². The Hall–Kier alpha value is -3.35. The van der Waals surface area contributed by atoms with Gasteiger partial charge in [-0.25, -0.2) is 0 Å². The average molecular weight is 362 g/mol. The van der Waals surface area contributed by atoms with Gasteiger partial charge in [-0.15, -0.1) is 5.10 Å². The summed E-state index contributed by atoms with van der Waals surface area (Å²) in [4.78, 5) is 9.26. The van der Waals surface area contributed by atoms with Crippen LogP contribution in [0.25, 0.3) is 0 Å². The summed E-state index contributed by atoms with van der Waals surface area (Å²) in [6.45, 7) is 3.69. The molecule has 138 valence electrons. The van der Waals surface area contributed by atoms with E-state index in [2.05, 4.69) is 54.6 Å². The van der Waals surface area contributed by atoms with Crippen molar-refractivity contribution in [2.24, 2.45) is 0 Å². The Kier molecular flexibility index (Phi) is 5.00. The first-order chi connectivity index (χ1) is 13.3. The summed E-state index contributed by atoms with van der Waals surface area (Å²) < 4.78 is 5.25. The zero-order valence-electron chi connectivity index (χ0n) is 15.2. The normalized spacial score (nSPS) is 14.1. The van der Waals surface area contributed by atoms with Gasteiger partial charge in [0.1, 0.15) is 5.75 Å². The van der Waals surface area contributed by atoms with Gasteiger partial charge < -0.3 is 19.9 Å². The standard InChI is InChI=1S/C20H22N6O/c1-27-18-9-5-6-16(14-18)22-20-23-19(15-21-24-20)26-12-10-25(11-13-26)17-7-3-2-4-8-17/h2-9,14-15H,10-13H2,1H3,(H,22,23,24). The van der Waals surface area contributed by atoms with E-state index >= 15 is 0 Å². The van der Waals surface area contributed by atoms with Crippen LogP contribution in [0.5, 0.6) is 5.75 Å². The molecule has 2 aromatic carbocycles. The minimum atomic E-state index is 0.478. The smallest absolute Gasteiger partial charge is 0.249 e. The predicted molar refractivity (Wildman–Crippen MR) is 107 cm³/mol. The number of aromatic nitrogens is 3. The summed E-state index contributed by atoms with van der Waals surface area (Å²) in [5, 5.41) is 11.4. The van der Waals surface area contributed by atoms with E-state index < -0.39 is 0 Å². The van der Waals surface area contributed by atoms with Gasteiger partial charge in [0.25, 0.3) is 0 Å². The van der Waals surface area contributed by atoms with E-state index in [1.54, 1.807) is 13.3 Å². The van der Waals surface area contributed by atoms with Crippen LogP contribution in [0.1, 0.15) is 0 Å². The maximum absolute atomic E-state index is 5.25. The van der Waals surface area contributed by atoms with Crippen LogP contribution in [0, 0.1) is 0 Å². The summed E-state index contributed by atoms with van der Waals surface area (Å²) in [5.74, 6) is 2.09. The third-order valence-electron chi connectivity index (χ3n) is 4.60. The van der Waals surface area contributed by atoms with Crippen molar-refractivity contribution in [3.05, 3.63) is 60.8 Å². The summed E-state index contributed by atoms with van der Waals surface area (Å²) >= 11 is 0. The van der Waals surface area contributed by atoms with Gasteiger partial charge in [0.15, 0.2) is 5.82 Å². The van der Waals surface area contributed by atoms with Crippen molar-refractivity contribution in [1.82, 2.24) is 15.2 Å². The van der Waals surface area contributed by atoms with Crippen LogP contribution >= 0.6 is 0 Å². The van der Waals surface area contributed by atoms with Crippen molar-refractivity contribution in [1.29, 1.82) is 0 Å². The number of hydrogen-bond donors (Lipinski definition) is 1. The summed E-state index contributed by atoms with van der Waals surface area (Å²) in [7, 11) is 1.65. The molecule has 0 atom stereocenters. The van der Waals surface area contributed by atoms with Crippen molar-refractivity contribution in [2.45, 2.75) is 0 Å². The lowest BCUT2D eigenvalue weighted by molar-refractivity contribution is 0.415. The summed E-state index contributed by atoms with van der Waals surface area (Å²) in [6.07, 6.45) is 1.72. The molecule has 3 aromatic rings. The molecule has 0 amide bonds. The Balaban J connectivity index is 1.42. The fourth-order valence-electron chi connectivity index (χ4n) is 3.16. The molecule has 0 aliphatic carbocycles. The van der Waals surface area contributed by atoms with E-state index in [1.165, 1.54) is 5.69 Å². The van der Waals surface area contributed by atoms with Crippen LogP contribution in [0.4, 0.5) is 23.1 Å². The average Bonchev–Trinajstić information content (AvgIpc) is 2.75. The van der Waals surface area contributed by atoms with Gasteiger partial charge in [0.2, 0.25) is 5.95 Å². The van der Waals surface area contributed by atoms with Crippen molar-refractivity contribution in [2.75, 3.05) is 48.4 Å². The van der Waals surface area contributed by atoms with Crippen molar-refractivity contribution in [3.63, 3.8) is 0 Å². The number of rotatable bonds is 5. The topological polar surface area (TPSA) is 66.4 Å². The molecule has 1 aliphatic heterocycles. The molecule has 1 aromatic heterocycles. The molecular weight excluding hydrogens is 340 g/mol. The number of benzene rings is 2. The molecule has 2 heterocycles. The fraction of sp³-hybridized carbons (Fsp3) is 0.250. The fourth-order valence-corrected chi connectivity index (χ4v) is 3.16. The zero-order chi connectivity index (χ0) is 18.5. The number of piperazine rings is 1. The summed E-state index contributed by atoms with van der Waals surface area (Å²) in [5.41, 5.74) is 2.13. The first kappa shape index (κ1) is 17.1. The lowest BCUT2D eigenvalue weighted by atomic mass is 10.2. The van der Waals surface area contributed by atoms with E-state index in [9.17, 15) is 0 Å². The molecule has 1 aliphatic rings. The van der Waals surface area contributed by atoms with Crippen LogP contribution in [-0.2, 0) is 0 Å². The van der Waals surface area contributed by atoms with E-state index in [-0.39, 0.29) is 0 Å². The molecule has 4 rings (SSSR count). The highest BCUT2D eigenvalue weighted by atomic mass is 16.5. The molecule has 1 fully saturated rings.